The minimum Gasteiger partial charge on any atom is -0.326 e. The molecule has 0 saturated heterocycles. The molecule has 23 heavy (non-hydrogen) atoms. The number of benzene rings is 2. The Bertz CT molecular complexity index is 917. The number of hydrogen-bond donors (Lipinski definition) is 1. The molecule has 4 rings (SSSR count). The van der Waals surface area contributed by atoms with Crippen molar-refractivity contribution in [3.05, 3.63) is 65.1 Å². The Kier molecular flexibility index (Phi) is 3.13. The van der Waals surface area contributed by atoms with Crippen LogP contribution >= 0.6 is 0 Å². The van der Waals surface area contributed by atoms with E-state index in [4.69, 9.17) is 0 Å². The summed E-state index contributed by atoms with van der Waals surface area (Å²) < 4.78 is 23.7. The zero-order valence-electron chi connectivity index (χ0n) is 12.3. The summed E-state index contributed by atoms with van der Waals surface area (Å²) in [6.07, 6.45) is 2.41. The quantitative estimate of drug-likeness (QED) is 0.942. The van der Waals surface area contributed by atoms with Gasteiger partial charge in [-0.2, -0.15) is 0 Å². The van der Waals surface area contributed by atoms with Crippen LogP contribution in [-0.4, -0.2) is 14.3 Å². The van der Waals surface area contributed by atoms with Gasteiger partial charge in [-0.05, 0) is 41.7 Å². The molecule has 2 aromatic carbocycles. The first-order valence-corrected chi connectivity index (χ1v) is 9.02. The van der Waals surface area contributed by atoms with E-state index in [2.05, 4.69) is 5.32 Å². The highest BCUT2D eigenvalue weighted by atomic mass is 32.2. The number of carbonyl (C=O) groups excluding carboxylic acids is 1. The Hall–Kier alpha value is -2.40. The standard InChI is InChI=1S/C18H15NO3S/c20-18(16-11-15(16)12-4-2-1-3-5-12)19-14-7-6-13-8-9-23(21,22)17(13)10-14/h1-10,15-16H,11H2,(H,19,20)/t15-,16+/m1/s1. The molecule has 2 atom stereocenters. The van der Waals surface area contributed by atoms with E-state index >= 15 is 0 Å². The monoisotopic (exact) mass is 325 g/mol. The van der Waals surface area contributed by atoms with Gasteiger partial charge in [-0.15, -0.1) is 0 Å². The van der Waals surface area contributed by atoms with E-state index < -0.39 is 9.84 Å². The van der Waals surface area contributed by atoms with Crippen molar-refractivity contribution in [1.82, 2.24) is 0 Å². The van der Waals surface area contributed by atoms with Gasteiger partial charge in [0.05, 0.1) is 4.90 Å². The fraction of sp³-hybridized carbons (Fsp3) is 0.167. The van der Waals surface area contributed by atoms with Gasteiger partial charge in [0.15, 0.2) is 0 Å². The van der Waals surface area contributed by atoms with Crippen LogP contribution in [0, 0.1) is 5.92 Å². The van der Waals surface area contributed by atoms with E-state index in [1.807, 2.05) is 30.3 Å². The largest absolute Gasteiger partial charge is 0.326 e. The summed E-state index contributed by atoms with van der Waals surface area (Å²) in [5, 5.41) is 4.03. The average Bonchev–Trinajstić information content (AvgIpc) is 3.30. The summed E-state index contributed by atoms with van der Waals surface area (Å²) >= 11 is 0. The lowest BCUT2D eigenvalue weighted by molar-refractivity contribution is -0.117. The summed E-state index contributed by atoms with van der Waals surface area (Å²) in [5.74, 6) is 0.165. The summed E-state index contributed by atoms with van der Waals surface area (Å²) in [4.78, 5) is 12.6. The molecule has 0 aromatic heterocycles. The normalized spacial score (nSPS) is 23.3. The van der Waals surface area contributed by atoms with E-state index in [1.54, 1.807) is 18.2 Å². The van der Waals surface area contributed by atoms with Crippen molar-refractivity contribution in [3.8, 4) is 0 Å². The summed E-state index contributed by atoms with van der Waals surface area (Å²) in [5.41, 5.74) is 2.37. The Morgan fingerprint density at radius 1 is 1.09 bits per heavy atom. The van der Waals surface area contributed by atoms with Crippen molar-refractivity contribution < 1.29 is 13.2 Å². The molecule has 2 aromatic rings. The molecule has 0 spiro atoms. The van der Waals surface area contributed by atoms with Crippen LogP contribution < -0.4 is 5.32 Å². The minimum absolute atomic E-state index is 0.0413. The number of anilines is 1. The molecule has 1 amide bonds. The summed E-state index contributed by atoms with van der Waals surface area (Å²) in [6.45, 7) is 0. The van der Waals surface area contributed by atoms with E-state index in [1.165, 1.54) is 17.0 Å². The molecule has 1 aliphatic heterocycles. The topological polar surface area (TPSA) is 63.2 Å². The maximum absolute atomic E-state index is 12.3. The fourth-order valence-corrected chi connectivity index (χ4v) is 4.25. The summed E-state index contributed by atoms with van der Waals surface area (Å²) in [6, 6.07) is 15.0. The highest BCUT2D eigenvalue weighted by Crippen LogP contribution is 2.48. The predicted molar refractivity (Wildman–Crippen MR) is 88.6 cm³/mol. The lowest BCUT2D eigenvalue weighted by Crippen LogP contribution is -2.14. The number of hydrogen-bond acceptors (Lipinski definition) is 3. The Morgan fingerprint density at radius 2 is 1.87 bits per heavy atom. The van der Waals surface area contributed by atoms with Crippen molar-refractivity contribution in [2.75, 3.05) is 5.32 Å². The minimum atomic E-state index is -3.35. The highest BCUT2D eigenvalue weighted by Gasteiger charge is 2.43. The van der Waals surface area contributed by atoms with Gasteiger partial charge in [-0.25, -0.2) is 8.42 Å². The molecule has 1 heterocycles. The predicted octanol–water partition coefficient (Wildman–Crippen LogP) is 3.19. The van der Waals surface area contributed by atoms with Crippen LogP contribution in [0.15, 0.2) is 58.8 Å². The molecular weight excluding hydrogens is 310 g/mol. The van der Waals surface area contributed by atoms with Gasteiger partial charge in [0.2, 0.25) is 15.7 Å². The molecule has 4 nitrogen and oxygen atoms in total. The Balaban J connectivity index is 1.49. The maximum Gasteiger partial charge on any atom is 0.228 e. The zero-order chi connectivity index (χ0) is 16.0. The van der Waals surface area contributed by atoms with Gasteiger partial charge in [0.25, 0.3) is 0 Å². The molecule has 0 unspecified atom stereocenters. The first-order chi connectivity index (χ1) is 11.0. The Morgan fingerprint density at radius 3 is 2.65 bits per heavy atom. The van der Waals surface area contributed by atoms with Crippen molar-refractivity contribution in [2.45, 2.75) is 17.2 Å². The van der Waals surface area contributed by atoms with Gasteiger partial charge < -0.3 is 5.32 Å². The first kappa shape index (κ1) is 14.2. The van der Waals surface area contributed by atoms with Crippen LogP contribution in [0.3, 0.4) is 0 Å². The van der Waals surface area contributed by atoms with Gasteiger partial charge >= 0.3 is 0 Å². The number of nitrogens with one attached hydrogen (secondary N) is 1. The molecule has 0 radical (unpaired) electrons. The molecule has 1 aliphatic carbocycles. The van der Waals surface area contributed by atoms with Crippen LogP contribution in [0.2, 0.25) is 0 Å². The van der Waals surface area contributed by atoms with Crippen LogP contribution in [0.4, 0.5) is 5.69 Å². The lowest BCUT2D eigenvalue weighted by atomic mass is 10.1. The molecule has 1 saturated carbocycles. The Labute approximate surface area is 134 Å². The van der Waals surface area contributed by atoms with Crippen LogP contribution in [0.1, 0.15) is 23.5 Å². The van der Waals surface area contributed by atoms with E-state index in [0.717, 1.165) is 6.42 Å². The number of rotatable bonds is 3. The van der Waals surface area contributed by atoms with Gasteiger partial charge in [0.1, 0.15) is 0 Å². The molecule has 1 N–H and O–H groups in total. The zero-order valence-corrected chi connectivity index (χ0v) is 13.1. The number of amides is 1. The van der Waals surface area contributed by atoms with E-state index in [0.29, 0.717) is 11.3 Å². The second-order valence-electron chi connectivity index (χ2n) is 5.95. The fourth-order valence-electron chi connectivity index (χ4n) is 3.02. The smallest absolute Gasteiger partial charge is 0.228 e. The molecular formula is C18H15NO3S. The van der Waals surface area contributed by atoms with Crippen LogP contribution in [-0.2, 0) is 14.6 Å². The van der Waals surface area contributed by atoms with E-state index in [-0.39, 0.29) is 22.6 Å². The number of carbonyl (C=O) groups is 1. The van der Waals surface area contributed by atoms with Crippen molar-refractivity contribution >= 4 is 27.5 Å². The van der Waals surface area contributed by atoms with Crippen molar-refractivity contribution in [3.63, 3.8) is 0 Å². The number of sulfone groups is 1. The third-order valence-corrected chi connectivity index (χ3v) is 5.83. The van der Waals surface area contributed by atoms with E-state index in [9.17, 15) is 13.2 Å². The molecule has 2 aliphatic rings. The second kappa shape index (κ2) is 5.06. The molecule has 5 heteroatoms. The maximum atomic E-state index is 12.3. The highest BCUT2D eigenvalue weighted by molar-refractivity contribution is 7.94. The van der Waals surface area contributed by atoms with Gasteiger partial charge in [-0.1, -0.05) is 36.4 Å². The SMILES string of the molecule is O=C(Nc1ccc2c(c1)S(=O)(=O)C=C2)[C@H]1C[C@@H]1c1ccccc1. The lowest BCUT2D eigenvalue weighted by Gasteiger charge is -2.07. The molecule has 116 valence electrons. The van der Waals surface area contributed by atoms with Crippen LogP contribution in [0.25, 0.3) is 6.08 Å². The first-order valence-electron chi connectivity index (χ1n) is 7.48. The van der Waals surface area contributed by atoms with Gasteiger partial charge in [-0.3, -0.25) is 4.79 Å². The second-order valence-corrected chi connectivity index (χ2v) is 7.75. The number of fused-ring (bicyclic) bond motifs is 1. The molecule has 1 fully saturated rings. The van der Waals surface area contributed by atoms with Crippen LogP contribution in [0.5, 0.6) is 0 Å². The van der Waals surface area contributed by atoms with Gasteiger partial charge in [0, 0.05) is 17.0 Å². The third-order valence-electron chi connectivity index (χ3n) is 4.37. The summed E-state index contributed by atoms with van der Waals surface area (Å²) in [7, 11) is -3.35. The van der Waals surface area contributed by atoms with Crippen molar-refractivity contribution in [1.29, 1.82) is 0 Å². The average molecular weight is 325 g/mol. The van der Waals surface area contributed by atoms with Crippen molar-refractivity contribution in [2.24, 2.45) is 5.92 Å². The molecule has 0 bridgehead atoms. The third kappa shape index (κ3) is 2.57.